The van der Waals surface area contributed by atoms with Crippen LogP contribution in [0.15, 0.2) is 24.3 Å². The first-order valence-corrected chi connectivity index (χ1v) is 13.1. The van der Waals surface area contributed by atoms with Gasteiger partial charge in [0.2, 0.25) is 0 Å². The number of benzene rings is 1. The maximum absolute atomic E-state index is 13.2. The quantitative estimate of drug-likeness (QED) is 0.344. The van der Waals surface area contributed by atoms with Crippen molar-refractivity contribution in [2.24, 2.45) is 17.8 Å². The van der Waals surface area contributed by atoms with Crippen LogP contribution in [0.25, 0.3) is 0 Å². The first kappa shape index (κ1) is 24.6. The Morgan fingerprint density at radius 1 is 1.03 bits per heavy atom. The molecule has 4 rings (SSSR count). The summed E-state index contributed by atoms with van der Waals surface area (Å²) in [6, 6.07) is 7.67. The van der Waals surface area contributed by atoms with Crippen LogP contribution in [0.2, 0.25) is 0 Å². The van der Waals surface area contributed by atoms with Crippen molar-refractivity contribution in [1.29, 1.82) is 0 Å². The fourth-order valence-electron chi connectivity index (χ4n) is 5.84. The molecule has 33 heavy (non-hydrogen) atoms. The van der Waals surface area contributed by atoms with Gasteiger partial charge >= 0.3 is 0 Å². The lowest BCUT2D eigenvalue weighted by Gasteiger charge is -2.24. The van der Waals surface area contributed by atoms with Crippen molar-refractivity contribution in [2.45, 2.75) is 69.9 Å². The monoisotopic (exact) mass is 486 g/mol. The van der Waals surface area contributed by atoms with Crippen LogP contribution >= 0.6 is 24.4 Å². The number of hydrogen-bond donors (Lipinski definition) is 3. The summed E-state index contributed by atoms with van der Waals surface area (Å²) in [6.07, 6.45) is 8.92. The number of fused-ring (bicyclic) bond motifs is 1. The first-order valence-electron chi connectivity index (χ1n) is 12.3. The van der Waals surface area contributed by atoms with Gasteiger partial charge in [0.15, 0.2) is 10.8 Å². The molecule has 0 radical (unpaired) electrons. The predicted octanol–water partition coefficient (Wildman–Crippen LogP) is 3.70. The van der Waals surface area contributed by atoms with Gasteiger partial charge in [0.25, 0.3) is 0 Å². The number of Topliss-reactive ketones (excluding diaryl/α,β-unsaturated/α-hetero) is 2. The van der Waals surface area contributed by atoms with Gasteiger partial charge in [0.1, 0.15) is 5.78 Å². The molecule has 0 aromatic heterocycles. The number of rotatable bonds is 10. The van der Waals surface area contributed by atoms with Crippen LogP contribution in [0, 0.1) is 17.8 Å². The highest BCUT2D eigenvalue weighted by Crippen LogP contribution is 2.30. The fourth-order valence-corrected chi connectivity index (χ4v) is 6.44. The fraction of sp³-hybridized carbons (Fsp3) is 0.615. The molecule has 1 aliphatic carbocycles. The highest BCUT2D eigenvalue weighted by molar-refractivity contribution is 7.80. The second kappa shape index (κ2) is 11.3. The third-order valence-electron chi connectivity index (χ3n) is 7.67. The van der Waals surface area contributed by atoms with Crippen molar-refractivity contribution in [3.8, 4) is 0 Å². The van der Waals surface area contributed by atoms with Gasteiger partial charge in [0, 0.05) is 23.7 Å². The second-order valence-corrected chi connectivity index (χ2v) is 10.8. The molecule has 0 bridgehead atoms. The van der Waals surface area contributed by atoms with E-state index in [1.54, 1.807) is 0 Å². The van der Waals surface area contributed by atoms with Crippen LogP contribution in [0.1, 0.15) is 56.1 Å². The minimum atomic E-state index is -0.589. The van der Waals surface area contributed by atoms with Crippen LogP contribution in [0.4, 0.5) is 0 Å². The van der Waals surface area contributed by atoms with E-state index in [0.717, 1.165) is 25.2 Å². The minimum Gasteiger partial charge on any atom is -0.501 e. The average Bonchev–Trinajstić information content (AvgIpc) is 3.45. The zero-order chi connectivity index (χ0) is 23.4. The molecule has 3 N–H and O–H groups in total. The largest absolute Gasteiger partial charge is 0.501 e. The SMILES string of the molecule is O=C(CCCCC[C@@H]1CCc2ccccc2C1)C1C(=S)CN[C@@H]1C(=O)C1CCN[C@@H]1C(O)=S. The normalized spacial score (nSPS) is 29.1. The number of thiocarbonyl (C=S) groups is 2. The zero-order valence-electron chi connectivity index (χ0n) is 19.1. The summed E-state index contributed by atoms with van der Waals surface area (Å²) < 4.78 is 0. The van der Waals surface area contributed by atoms with Crippen molar-refractivity contribution < 1.29 is 14.7 Å². The van der Waals surface area contributed by atoms with Crippen LogP contribution < -0.4 is 10.6 Å². The van der Waals surface area contributed by atoms with E-state index in [1.807, 2.05) is 0 Å². The summed E-state index contributed by atoms with van der Waals surface area (Å²) in [5.74, 6) is -0.177. The Bertz CT molecular complexity index is 919. The molecular formula is C26H34N2O3S2. The van der Waals surface area contributed by atoms with Gasteiger partial charge in [-0.25, -0.2) is 0 Å². The van der Waals surface area contributed by atoms with Gasteiger partial charge < -0.3 is 15.7 Å². The summed E-state index contributed by atoms with van der Waals surface area (Å²) in [6.45, 7) is 1.05. The van der Waals surface area contributed by atoms with Gasteiger partial charge in [-0.3, -0.25) is 9.59 Å². The molecule has 5 atom stereocenters. The number of aliphatic hydroxyl groups is 1. The maximum atomic E-state index is 13.2. The number of hydrogen-bond acceptors (Lipinski definition) is 6. The minimum absolute atomic E-state index is 0.0582. The lowest BCUT2D eigenvalue weighted by atomic mass is 9.81. The Morgan fingerprint density at radius 2 is 1.82 bits per heavy atom. The average molecular weight is 487 g/mol. The van der Waals surface area contributed by atoms with E-state index < -0.39 is 23.9 Å². The van der Waals surface area contributed by atoms with Gasteiger partial charge in [-0.05, 0) is 67.9 Å². The van der Waals surface area contributed by atoms with Crippen molar-refractivity contribution >= 4 is 45.9 Å². The van der Waals surface area contributed by atoms with Crippen molar-refractivity contribution in [3.63, 3.8) is 0 Å². The summed E-state index contributed by atoms with van der Waals surface area (Å²) in [5.41, 5.74) is 3.01. The van der Waals surface area contributed by atoms with E-state index in [-0.39, 0.29) is 16.6 Å². The molecule has 2 fully saturated rings. The Kier molecular flexibility index (Phi) is 8.38. The molecule has 2 aliphatic heterocycles. The highest BCUT2D eigenvalue weighted by Gasteiger charge is 2.46. The molecule has 0 amide bonds. The van der Waals surface area contributed by atoms with Gasteiger partial charge in [-0.15, -0.1) is 0 Å². The molecule has 0 saturated carbocycles. The molecule has 3 aliphatic rings. The summed E-state index contributed by atoms with van der Waals surface area (Å²) in [7, 11) is 0. The molecule has 2 saturated heterocycles. The molecule has 178 valence electrons. The van der Waals surface area contributed by atoms with E-state index in [2.05, 4.69) is 34.9 Å². The molecule has 2 heterocycles. The smallest absolute Gasteiger partial charge is 0.174 e. The Morgan fingerprint density at radius 3 is 2.61 bits per heavy atom. The van der Waals surface area contributed by atoms with Crippen LogP contribution in [-0.2, 0) is 22.4 Å². The van der Waals surface area contributed by atoms with Crippen LogP contribution in [0.3, 0.4) is 0 Å². The number of aryl methyl sites for hydroxylation is 1. The highest BCUT2D eigenvalue weighted by atomic mass is 32.1. The molecular weight excluding hydrogens is 452 g/mol. The summed E-state index contributed by atoms with van der Waals surface area (Å²) in [5, 5.41) is 15.8. The predicted molar refractivity (Wildman–Crippen MR) is 138 cm³/mol. The topological polar surface area (TPSA) is 78.4 Å². The summed E-state index contributed by atoms with van der Waals surface area (Å²) in [4.78, 5) is 26.8. The van der Waals surface area contributed by atoms with Gasteiger partial charge in [-0.1, -0.05) is 55.7 Å². The van der Waals surface area contributed by atoms with E-state index >= 15 is 0 Å². The first-order chi connectivity index (χ1) is 16.0. The van der Waals surface area contributed by atoms with Crippen LogP contribution in [-0.4, -0.2) is 51.8 Å². The number of ketones is 2. The number of carbonyl (C=O) groups is 2. The molecule has 2 unspecified atom stereocenters. The number of aliphatic hydroxyl groups excluding tert-OH is 1. The summed E-state index contributed by atoms with van der Waals surface area (Å²) >= 11 is 10.4. The zero-order valence-corrected chi connectivity index (χ0v) is 20.7. The lowest BCUT2D eigenvalue weighted by molar-refractivity contribution is -0.129. The van der Waals surface area contributed by atoms with E-state index in [9.17, 15) is 14.7 Å². The van der Waals surface area contributed by atoms with Crippen molar-refractivity contribution in [3.05, 3.63) is 35.4 Å². The van der Waals surface area contributed by atoms with Crippen LogP contribution in [0.5, 0.6) is 0 Å². The molecule has 7 heteroatoms. The standard InChI is InChI=1S/C26H34N2O3S2/c29-20(9-3-1-2-6-16-10-11-17-7-4-5-8-18(17)14-16)22-21(32)15-28-24(22)25(30)19-12-13-27-23(19)26(31)33/h4-5,7-8,16,19,22-24,27-28H,1-3,6,9-15H2,(H,31,33)/t16-,19?,22?,23+,24+/m1/s1. The Hall–Kier alpha value is -1.54. The number of unbranched alkanes of at least 4 members (excludes halogenated alkanes) is 2. The third kappa shape index (κ3) is 5.76. The van der Waals surface area contributed by atoms with E-state index in [0.29, 0.717) is 30.8 Å². The second-order valence-electron chi connectivity index (χ2n) is 9.81. The third-order valence-corrected chi connectivity index (χ3v) is 8.32. The van der Waals surface area contributed by atoms with Gasteiger partial charge in [-0.2, -0.15) is 0 Å². The number of carbonyl (C=O) groups excluding carboxylic acids is 2. The maximum Gasteiger partial charge on any atom is 0.174 e. The molecule has 5 nitrogen and oxygen atoms in total. The molecule has 1 aromatic carbocycles. The molecule has 0 spiro atoms. The Labute approximate surface area is 207 Å². The lowest BCUT2D eigenvalue weighted by Crippen LogP contribution is -2.47. The molecule has 1 aromatic rings. The number of nitrogens with one attached hydrogen (secondary N) is 2. The van der Waals surface area contributed by atoms with Crippen molar-refractivity contribution in [2.75, 3.05) is 13.1 Å². The van der Waals surface area contributed by atoms with E-state index in [1.165, 1.54) is 36.8 Å². The Balaban J connectivity index is 1.22. The van der Waals surface area contributed by atoms with Crippen molar-refractivity contribution in [1.82, 2.24) is 10.6 Å². The van der Waals surface area contributed by atoms with Gasteiger partial charge in [0.05, 0.1) is 18.0 Å². The van der Waals surface area contributed by atoms with E-state index in [4.69, 9.17) is 24.4 Å².